The van der Waals surface area contributed by atoms with Gasteiger partial charge in [-0.05, 0) is 24.3 Å². The summed E-state index contributed by atoms with van der Waals surface area (Å²) in [5.74, 6) is 0.469. The van der Waals surface area contributed by atoms with E-state index in [1.807, 2.05) is 0 Å². The second kappa shape index (κ2) is 7.31. The number of hydrogen-bond donors (Lipinski definition) is 1. The standard InChI is InChI=1S/C17H17ClN2O5S2/c18-11-9-13-14(25-7-6-24-13)10-12(11)19-17(21)16-15(3-8-26-16)27(22,23)20-4-1-2-5-20/h3,8-10H,1-2,4-7H2,(H,19,21). The number of halogens is 1. The van der Waals surface area contributed by atoms with Crippen molar-refractivity contribution in [3.63, 3.8) is 0 Å². The van der Waals surface area contributed by atoms with Gasteiger partial charge in [0.1, 0.15) is 23.0 Å². The number of nitrogens with zero attached hydrogens (tertiary/aromatic N) is 1. The Kier molecular flexibility index (Phi) is 5.02. The van der Waals surface area contributed by atoms with E-state index in [2.05, 4.69) is 5.32 Å². The first-order valence-corrected chi connectivity index (χ1v) is 11.1. The fourth-order valence-corrected chi connectivity index (χ4v) is 6.09. The number of thiophene rings is 1. The van der Waals surface area contributed by atoms with E-state index >= 15 is 0 Å². The molecule has 0 spiro atoms. The molecule has 7 nitrogen and oxygen atoms in total. The van der Waals surface area contributed by atoms with Gasteiger partial charge in [-0.3, -0.25) is 4.79 Å². The number of ether oxygens (including phenoxy) is 2. The van der Waals surface area contributed by atoms with E-state index in [1.54, 1.807) is 17.5 Å². The molecule has 2 aromatic rings. The van der Waals surface area contributed by atoms with Crippen LogP contribution in [-0.4, -0.2) is 44.9 Å². The van der Waals surface area contributed by atoms with Gasteiger partial charge in [-0.15, -0.1) is 11.3 Å². The van der Waals surface area contributed by atoms with Crippen molar-refractivity contribution >= 4 is 44.6 Å². The fourth-order valence-electron chi connectivity index (χ4n) is 3.07. The lowest BCUT2D eigenvalue weighted by atomic mass is 10.2. The van der Waals surface area contributed by atoms with Gasteiger partial charge < -0.3 is 14.8 Å². The highest BCUT2D eigenvalue weighted by molar-refractivity contribution is 7.89. The molecule has 1 amide bonds. The minimum absolute atomic E-state index is 0.0283. The summed E-state index contributed by atoms with van der Waals surface area (Å²) in [5, 5.41) is 4.57. The van der Waals surface area contributed by atoms with Gasteiger partial charge in [0.15, 0.2) is 11.5 Å². The fraction of sp³-hybridized carbons (Fsp3) is 0.353. The Hall–Kier alpha value is -1.81. The van der Waals surface area contributed by atoms with Gasteiger partial charge in [0.25, 0.3) is 5.91 Å². The lowest BCUT2D eigenvalue weighted by Crippen LogP contribution is -2.29. The van der Waals surface area contributed by atoms with Crippen molar-refractivity contribution in [3.8, 4) is 11.5 Å². The van der Waals surface area contributed by atoms with Crippen molar-refractivity contribution in [2.75, 3.05) is 31.6 Å². The minimum Gasteiger partial charge on any atom is -0.486 e. The molecule has 1 saturated heterocycles. The van der Waals surface area contributed by atoms with Crippen LogP contribution in [0, 0.1) is 0 Å². The van der Waals surface area contributed by atoms with Gasteiger partial charge in [0.05, 0.1) is 10.7 Å². The zero-order chi connectivity index (χ0) is 19.0. The number of carbonyl (C=O) groups excluding carboxylic acids is 1. The third-order valence-electron chi connectivity index (χ3n) is 4.40. The van der Waals surface area contributed by atoms with E-state index in [9.17, 15) is 13.2 Å². The Bertz CT molecular complexity index is 983. The molecule has 144 valence electrons. The molecule has 0 atom stereocenters. The molecular formula is C17H17ClN2O5S2. The maximum atomic E-state index is 12.8. The predicted molar refractivity (Wildman–Crippen MR) is 103 cm³/mol. The van der Waals surface area contributed by atoms with Crippen molar-refractivity contribution in [2.45, 2.75) is 17.7 Å². The van der Waals surface area contributed by atoms with Crippen molar-refractivity contribution in [3.05, 3.63) is 33.5 Å². The third-order valence-corrected chi connectivity index (χ3v) is 7.69. The number of amides is 1. The average Bonchev–Trinajstić information content (AvgIpc) is 3.34. The first-order valence-electron chi connectivity index (χ1n) is 8.45. The molecule has 1 aromatic heterocycles. The molecule has 1 N–H and O–H groups in total. The molecule has 27 heavy (non-hydrogen) atoms. The summed E-state index contributed by atoms with van der Waals surface area (Å²) in [6, 6.07) is 4.62. The Morgan fingerprint density at radius 1 is 1.15 bits per heavy atom. The molecule has 0 aliphatic carbocycles. The number of carbonyl (C=O) groups is 1. The van der Waals surface area contributed by atoms with Crippen LogP contribution in [-0.2, 0) is 10.0 Å². The highest BCUT2D eigenvalue weighted by Crippen LogP contribution is 2.38. The smallest absolute Gasteiger partial charge is 0.267 e. The second-order valence-corrected chi connectivity index (χ2v) is 9.38. The SMILES string of the molecule is O=C(Nc1cc2c(cc1Cl)OCCO2)c1sccc1S(=O)(=O)N1CCCC1. The van der Waals surface area contributed by atoms with Crippen molar-refractivity contribution in [1.82, 2.24) is 4.31 Å². The van der Waals surface area contributed by atoms with E-state index in [-0.39, 0.29) is 14.8 Å². The second-order valence-electron chi connectivity index (χ2n) is 6.16. The third kappa shape index (κ3) is 3.52. The van der Waals surface area contributed by atoms with E-state index in [4.69, 9.17) is 21.1 Å². The largest absolute Gasteiger partial charge is 0.486 e. The van der Waals surface area contributed by atoms with Gasteiger partial charge in [-0.25, -0.2) is 8.42 Å². The van der Waals surface area contributed by atoms with E-state index in [0.717, 1.165) is 24.2 Å². The maximum Gasteiger partial charge on any atom is 0.267 e. The highest BCUT2D eigenvalue weighted by atomic mass is 35.5. The van der Waals surface area contributed by atoms with Crippen molar-refractivity contribution in [1.29, 1.82) is 0 Å². The lowest BCUT2D eigenvalue weighted by Gasteiger charge is -2.20. The molecule has 4 rings (SSSR count). The molecule has 0 bridgehead atoms. The van der Waals surface area contributed by atoms with Crippen molar-refractivity contribution in [2.24, 2.45) is 0 Å². The van der Waals surface area contributed by atoms with Gasteiger partial charge in [-0.2, -0.15) is 4.31 Å². The van der Waals surface area contributed by atoms with E-state index in [0.29, 0.717) is 43.5 Å². The average molecular weight is 429 g/mol. The summed E-state index contributed by atoms with van der Waals surface area (Å²) in [4.78, 5) is 12.9. The molecule has 2 aliphatic heterocycles. The highest BCUT2D eigenvalue weighted by Gasteiger charge is 2.32. The summed E-state index contributed by atoms with van der Waals surface area (Å²) >= 11 is 7.31. The number of fused-ring (bicyclic) bond motifs is 1. The summed E-state index contributed by atoms with van der Waals surface area (Å²) in [5.41, 5.74) is 0.337. The van der Waals surface area contributed by atoms with Crippen LogP contribution in [0.1, 0.15) is 22.5 Å². The van der Waals surface area contributed by atoms with E-state index < -0.39 is 15.9 Å². The Labute approximate surface area is 165 Å². The molecule has 1 fully saturated rings. The Morgan fingerprint density at radius 2 is 1.81 bits per heavy atom. The number of benzene rings is 1. The number of anilines is 1. The van der Waals surface area contributed by atoms with Gasteiger partial charge in [0.2, 0.25) is 10.0 Å². The number of hydrogen-bond acceptors (Lipinski definition) is 6. The Balaban J connectivity index is 1.61. The molecule has 10 heteroatoms. The summed E-state index contributed by atoms with van der Waals surface area (Å²) in [6.07, 6.45) is 1.66. The van der Waals surface area contributed by atoms with Crippen molar-refractivity contribution < 1.29 is 22.7 Å². The van der Waals surface area contributed by atoms with Crippen LogP contribution in [0.4, 0.5) is 5.69 Å². The summed E-state index contributed by atoms with van der Waals surface area (Å²) in [6.45, 7) is 1.80. The number of rotatable bonds is 4. The van der Waals surface area contributed by atoms with E-state index in [1.165, 1.54) is 10.4 Å². The normalized spacial score (nSPS) is 17.1. The quantitative estimate of drug-likeness (QED) is 0.808. The zero-order valence-electron chi connectivity index (χ0n) is 14.2. The minimum atomic E-state index is -3.68. The molecule has 0 unspecified atom stereocenters. The van der Waals surface area contributed by atoms with Crippen LogP contribution in [0.5, 0.6) is 11.5 Å². The zero-order valence-corrected chi connectivity index (χ0v) is 16.6. The van der Waals surface area contributed by atoms with Gasteiger partial charge in [-0.1, -0.05) is 11.6 Å². The number of sulfonamides is 1. The maximum absolute atomic E-state index is 12.8. The first kappa shape index (κ1) is 18.5. The molecule has 0 radical (unpaired) electrons. The van der Waals surface area contributed by atoms with Gasteiger partial charge >= 0.3 is 0 Å². The topological polar surface area (TPSA) is 84.9 Å². The molecule has 0 saturated carbocycles. The van der Waals surface area contributed by atoms with Crippen LogP contribution in [0.3, 0.4) is 0 Å². The first-order chi connectivity index (χ1) is 13.0. The van der Waals surface area contributed by atoms with Crippen LogP contribution in [0.25, 0.3) is 0 Å². The molecular weight excluding hydrogens is 412 g/mol. The summed E-state index contributed by atoms with van der Waals surface area (Å²) in [7, 11) is -3.68. The van der Waals surface area contributed by atoms with Gasteiger partial charge in [0, 0.05) is 25.2 Å². The number of nitrogens with one attached hydrogen (secondary N) is 1. The summed E-state index contributed by atoms with van der Waals surface area (Å²) < 4.78 is 38.0. The van der Waals surface area contributed by atoms with Crippen LogP contribution in [0.2, 0.25) is 5.02 Å². The monoisotopic (exact) mass is 428 g/mol. The molecule has 2 aliphatic rings. The lowest BCUT2D eigenvalue weighted by molar-refractivity contribution is 0.102. The molecule has 1 aromatic carbocycles. The van der Waals surface area contributed by atoms with Crippen LogP contribution in [0.15, 0.2) is 28.5 Å². The molecule has 3 heterocycles. The van der Waals surface area contributed by atoms with Crippen LogP contribution >= 0.6 is 22.9 Å². The Morgan fingerprint density at radius 3 is 2.52 bits per heavy atom. The van der Waals surface area contributed by atoms with Crippen LogP contribution < -0.4 is 14.8 Å². The predicted octanol–water partition coefficient (Wildman–Crippen LogP) is 3.21.